The third kappa shape index (κ3) is 3.76. The van der Waals surface area contributed by atoms with E-state index in [1.807, 2.05) is 44.2 Å². The van der Waals surface area contributed by atoms with Crippen molar-refractivity contribution in [2.45, 2.75) is 31.3 Å². The fourth-order valence-electron chi connectivity index (χ4n) is 2.03. The van der Waals surface area contributed by atoms with Gasteiger partial charge >= 0.3 is 5.97 Å². The lowest BCUT2D eigenvalue weighted by molar-refractivity contribution is -0.158. The first kappa shape index (κ1) is 14.9. The molecular formula is C15H19NO3S. The molecule has 0 radical (unpaired) electrons. The maximum Gasteiger partial charge on any atom is 0.307 e. The number of esters is 1. The second-order valence-electron chi connectivity index (χ2n) is 5.49. The lowest BCUT2D eigenvalue weighted by Crippen LogP contribution is -2.35. The first-order chi connectivity index (χ1) is 9.49. The van der Waals surface area contributed by atoms with E-state index in [4.69, 9.17) is 4.74 Å². The molecular weight excluding hydrogens is 274 g/mol. The fourth-order valence-corrected chi connectivity index (χ4v) is 2.88. The molecule has 0 aromatic heterocycles. The zero-order chi connectivity index (χ0) is 14.6. The molecule has 0 bridgehead atoms. The molecule has 5 heteroatoms. The van der Waals surface area contributed by atoms with E-state index in [1.165, 1.54) is 0 Å². The van der Waals surface area contributed by atoms with Gasteiger partial charge in [-0.25, -0.2) is 0 Å². The Morgan fingerprint density at radius 1 is 1.40 bits per heavy atom. The van der Waals surface area contributed by atoms with Gasteiger partial charge in [0.2, 0.25) is 0 Å². The first-order valence-corrected chi connectivity index (χ1v) is 7.63. The highest BCUT2D eigenvalue weighted by atomic mass is 32.2. The zero-order valence-electron chi connectivity index (χ0n) is 11.7. The van der Waals surface area contributed by atoms with Crippen LogP contribution in [-0.2, 0) is 14.3 Å². The summed E-state index contributed by atoms with van der Waals surface area (Å²) in [7, 11) is 0. The molecule has 0 spiro atoms. The second-order valence-corrected chi connectivity index (χ2v) is 6.66. The molecule has 1 aliphatic rings. The van der Waals surface area contributed by atoms with Crippen LogP contribution in [0.15, 0.2) is 35.2 Å². The minimum atomic E-state index is -0.670. The summed E-state index contributed by atoms with van der Waals surface area (Å²) in [5, 5.41) is 2.73. The lowest BCUT2D eigenvalue weighted by atomic mass is 9.90. The number of ether oxygens (including phenoxy) is 1. The number of hydrogen-bond donors (Lipinski definition) is 1. The van der Waals surface area contributed by atoms with Crippen LogP contribution in [0.3, 0.4) is 0 Å². The van der Waals surface area contributed by atoms with E-state index in [0.29, 0.717) is 18.7 Å². The van der Waals surface area contributed by atoms with Gasteiger partial charge in [0.15, 0.2) is 6.10 Å². The molecule has 108 valence electrons. The van der Waals surface area contributed by atoms with E-state index in [-0.39, 0.29) is 17.3 Å². The standard InChI is InChI=1S/C15H19NO3S/c1-15(2)10-16-14(18)13(15)19-12(17)8-9-20-11-6-4-3-5-7-11/h3-7,13H,8-10H2,1-2H3,(H,16,18)/t13-/m0/s1. The molecule has 20 heavy (non-hydrogen) atoms. The number of carbonyl (C=O) groups excluding carboxylic acids is 2. The molecule has 1 saturated heterocycles. The van der Waals surface area contributed by atoms with Crippen molar-refractivity contribution in [1.82, 2.24) is 5.32 Å². The van der Waals surface area contributed by atoms with Crippen LogP contribution in [0, 0.1) is 5.41 Å². The Bertz CT molecular complexity index is 487. The summed E-state index contributed by atoms with van der Waals surface area (Å²) in [6, 6.07) is 9.89. The van der Waals surface area contributed by atoms with Crippen LogP contribution in [-0.4, -0.2) is 30.3 Å². The summed E-state index contributed by atoms with van der Waals surface area (Å²) in [5.74, 6) is 0.139. The lowest BCUT2D eigenvalue weighted by Gasteiger charge is -2.23. The first-order valence-electron chi connectivity index (χ1n) is 6.64. The van der Waals surface area contributed by atoms with Gasteiger partial charge in [0.25, 0.3) is 5.91 Å². The van der Waals surface area contributed by atoms with Crippen molar-refractivity contribution in [3.63, 3.8) is 0 Å². The van der Waals surface area contributed by atoms with Crippen LogP contribution >= 0.6 is 11.8 Å². The predicted octanol–water partition coefficient (Wildman–Crippen LogP) is 2.24. The highest BCUT2D eigenvalue weighted by Crippen LogP contribution is 2.28. The Labute approximate surface area is 123 Å². The molecule has 1 amide bonds. The molecule has 1 fully saturated rings. The van der Waals surface area contributed by atoms with Gasteiger partial charge in [0, 0.05) is 22.6 Å². The van der Waals surface area contributed by atoms with Gasteiger partial charge in [-0.05, 0) is 12.1 Å². The molecule has 0 unspecified atom stereocenters. The van der Waals surface area contributed by atoms with Crippen LogP contribution < -0.4 is 5.32 Å². The quantitative estimate of drug-likeness (QED) is 0.668. The van der Waals surface area contributed by atoms with Crippen LogP contribution in [0.4, 0.5) is 0 Å². The number of benzene rings is 1. The zero-order valence-corrected chi connectivity index (χ0v) is 12.5. The topological polar surface area (TPSA) is 55.4 Å². The summed E-state index contributed by atoms with van der Waals surface area (Å²) in [5.41, 5.74) is -0.334. The van der Waals surface area contributed by atoms with Crippen molar-refractivity contribution in [3.05, 3.63) is 30.3 Å². The van der Waals surface area contributed by atoms with Crippen LogP contribution in [0.2, 0.25) is 0 Å². The summed E-state index contributed by atoms with van der Waals surface area (Å²) < 4.78 is 5.31. The summed E-state index contributed by atoms with van der Waals surface area (Å²) in [4.78, 5) is 24.6. The average Bonchev–Trinajstić information content (AvgIpc) is 2.67. The van der Waals surface area contributed by atoms with E-state index < -0.39 is 6.10 Å². The van der Waals surface area contributed by atoms with E-state index in [1.54, 1.807) is 11.8 Å². The minimum Gasteiger partial charge on any atom is -0.452 e. The molecule has 1 aromatic carbocycles. The van der Waals surface area contributed by atoms with E-state index >= 15 is 0 Å². The van der Waals surface area contributed by atoms with Gasteiger partial charge in [-0.2, -0.15) is 0 Å². The van der Waals surface area contributed by atoms with Crippen molar-refractivity contribution >= 4 is 23.6 Å². The molecule has 1 aliphatic heterocycles. The summed E-state index contributed by atoms with van der Waals surface area (Å²) >= 11 is 1.61. The number of carbonyl (C=O) groups is 2. The number of hydrogen-bond acceptors (Lipinski definition) is 4. The van der Waals surface area contributed by atoms with Gasteiger partial charge < -0.3 is 10.1 Å². The largest absolute Gasteiger partial charge is 0.452 e. The average molecular weight is 293 g/mol. The number of nitrogens with one attached hydrogen (secondary N) is 1. The molecule has 0 aliphatic carbocycles. The third-order valence-electron chi connectivity index (χ3n) is 3.23. The fraction of sp³-hybridized carbons (Fsp3) is 0.467. The Morgan fingerprint density at radius 2 is 2.10 bits per heavy atom. The maximum atomic E-state index is 11.8. The van der Waals surface area contributed by atoms with Crippen LogP contribution in [0.1, 0.15) is 20.3 Å². The van der Waals surface area contributed by atoms with Crippen molar-refractivity contribution in [2.24, 2.45) is 5.41 Å². The Morgan fingerprint density at radius 3 is 2.70 bits per heavy atom. The number of rotatable bonds is 5. The molecule has 0 saturated carbocycles. The van der Waals surface area contributed by atoms with Gasteiger partial charge in [-0.1, -0.05) is 32.0 Å². The Hall–Kier alpha value is -1.49. The van der Waals surface area contributed by atoms with Gasteiger partial charge in [-0.3, -0.25) is 9.59 Å². The molecule has 1 heterocycles. The normalized spacial score (nSPS) is 20.5. The Balaban J connectivity index is 1.77. The SMILES string of the molecule is CC1(C)CNC(=O)[C@@H]1OC(=O)CCSc1ccccc1. The van der Waals surface area contributed by atoms with Gasteiger partial charge in [-0.15, -0.1) is 11.8 Å². The van der Waals surface area contributed by atoms with Crippen molar-refractivity contribution in [3.8, 4) is 0 Å². The monoisotopic (exact) mass is 293 g/mol. The minimum absolute atomic E-state index is 0.195. The van der Waals surface area contributed by atoms with Gasteiger partial charge in [0.05, 0.1) is 6.42 Å². The van der Waals surface area contributed by atoms with Crippen molar-refractivity contribution in [1.29, 1.82) is 0 Å². The second kappa shape index (κ2) is 6.31. The smallest absolute Gasteiger partial charge is 0.307 e. The van der Waals surface area contributed by atoms with E-state index in [0.717, 1.165) is 4.90 Å². The van der Waals surface area contributed by atoms with Crippen molar-refractivity contribution < 1.29 is 14.3 Å². The maximum absolute atomic E-state index is 11.8. The molecule has 4 nitrogen and oxygen atoms in total. The van der Waals surface area contributed by atoms with E-state index in [9.17, 15) is 9.59 Å². The highest BCUT2D eigenvalue weighted by molar-refractivity contribution is 7.99. The van der Waals surface area contributed by atoms with Gasteiger partial charge in [0.1, 0.15) is 0 Å². The van der Waals surface area contributed by atoms with Crippen molar-refractivity contribution in [2.75, 3.05) is 12.3 Å². The third-order valence-corrected chi connectivity index (χ3v) is 4.25. The van der Waals surface area contributed by atoms with Crippen LogP contribution in [0.5, 0.6) is 0 Å². The predicted molar refractivity (Wildman–Crippen MR) is 78.5 cm³/mol. The Kier molecular flexibility index (Phi) is 4.70. The summed E-state index contributed by atoms with van der Waals surface area (Å²) in [6.45, 7) is 4.38. The molecule has 1 aromatic rings. The van der Waals surface area contributed by atoms with E-state index in [2.05, 4.69) is 5.32 Å². The number of thioether (sulfide) groups is 1. The van der Waals surface area contributed by atoms with Crippen LogP contribution in [0.25, 0.3) is 0 Å². The highest BCUT2D eigenvalue weighted by Gasteiger charge is 2.44. The number of amides is 1. The summed E-state index contributed by atoms with van der Waals surface area (Å²) in [6.07, 6.45) is -0.365. The molecule has 1 N–H and O–H groups in total. The molecule has 1 atom stereocenters. The molecule has 2 rings (SSSR count).